The summed E-state index contributed by atoms with van der Waals surface area (Å²) in [6.45, 7) is 2.70. The summed E-state index contributed by atoms with van der Waals surface area (Å²) in [7, 11) is 0. The van der Waals surface area contributed by atoms with Gasteiger partial charge in [-0.2, -0.15) is 0 Å². The highest BCUT2D eigenvalue weighted by molar-refractivity contribution is 5.88. The number of hydrogen-bond acceptors (Lipinski definition) is 5. The van der Waals surface area contributed by atoms with Crippen LogP contribution in [0.2, 0.25) is 0 Å². The molecule has 0 N–H and O–H groups in total. The highest BCUT2D eigenvalue weighted by Gasteiger charge is 2.27. The fourth-order valence-corrected chi connectivity index (χ4v) is 1.33. The van der Waals surface area contributed by atoms with E-state index in [2.05, 4.69) is 9.72 Å². The van der Waals surface area contributed by atoms with Crippen molar-refractivity contribution in [3.05, 3.63) is 33.0 Å². The third-order valence-corrected chi connectivity index (χ3v) is 2.18. The van der Waals surface area contributed by atoms with Gasteiger partial charge < -0.3 is 14.9 Å². The molecule has 0 bridgehead atoms. The summed E-state index contributed by atoms with van der Waals surface area (Å²) < 4.78 is 30.0. The third kappa shape index (κ3) is 2.76. The maximum Gasteiger partial charge on any atom is 0.383 e. The van der Waals surface area contributed by atoms with Crippen LogP contribution in [0.5, 0.6) is 0 Å². The van der Waals surface area contributed by atoms with E-state index in [1.54, 1.807) is 0 Å². The van der Waals surface area contributed by atoms with Gasteiger partial charge in [0.15, 0.2) is 0 Å². The van der Waals surface area contributed by atoms with Gasteiger partial charge in [0.2, 0.25) is 0 Å². The molecule has 0 saturated heterocycles. The number of nitro groups is 1. The molecule has 8 heteroatoms. The van der Waals surface area contributed by atoms with Gasteiger partial charge in [-0.3, -0.25) is 0 Å². The number of ether oxygens (including phenoxy) is 1. The Hall–Kier alpha value is -2.12. The fourth-order valence-electron chi connectivity index (χ4n) is 1.33. The first kappa shape index (κ1) is 13.9. The minimum Gasteiger partial charge on any atom is -0.460 e. The summed E-state index contributed by atoms with van der Waals surface area (Å²) in [5.41, 5.74) is -1.35. The van der Waals surface area contributed by atoms with Crippen molar-refractivity contribution in [3.63, 3.8) is 0 Å². The van der Waals surface area contributed by atoms with Crippen LogP contribution >= 0.6 is 0 Å². The maximum absolute atomic E-state index is 12.7. The van der Waals surface area contributed by atoms with Crippen molar-refractivity contribution in [2.24, 2.45) is 0 Å². The molecular weight excluding hydrogens is 250 g/mol. The average Bonchev–Trinajstić information content (AvgIpc) is 2.28. The van der Waals surface area contributed by atoms with E-state index in [0.717, 1.165) is 13.0 Å². The molecule has 0 aliphatic rings. The minimum absolute atomic E-state index is 0.0200. The summed E-state index contributed by atoms with van der Waals surface area (Å²) in [6, 6.07) is 0.811. The van der Waals surface area contributed by atoms with Gasteiger partial charge >= 0.3 is 11.8 Å². The second kappa shape index (κ2) is 5.48. The van der Waals surface area contributed by atoms with Gasteiger partial charge in [-0.05, 0) is 23.8 Å². The van der Waals surface area contributed by atoms with Crippen LogP contribution in [-0.2, 0) is 4.74 Å². The van der Waals surface area contributed by atoms with Gasteiger partial charge in [0.25, 0.3) is 12.1 Å². The summed E-state index contributed by atoms with van der Waals surface area (Å²) in [5.74, 6) is -1.74. The smallest absolute Gasteiger partial charge is 0.383 e. The quantitative estimate of drug-likeness (QED) is 0.471. The lowest BCUT2D eigenvalue weighted by molar-refractivity contribution is -0.390. The molecule has 0 spiro atoms. The van der Waals surface area contributed by atoms with Crippen molar-refractivity contribution in [3.8, 4) is 0 Å². The molecule has 6 nitrogen and oxygen atoms in total. The Morgan fingerprint density at radius 3 is 2.67 bits per heavy atom. The molecule has 0 amide bonds. The van der Waals surface area contributed by atoms with Gasteiger partial charge in [0.1, 0.15) is 0 Å². The second-order valence-electron chi connectivity index (χ2n) is 3.32. The number of rotatable bonds is 4. The van der Waals surface area contributed by atoms with Crippen LogP contribution in [0, 0.1) is 17.0 Å². The predicted molar refractivity (Wildman–Crippen MR) is 56.5 cm³/mol. The third-order valence-electron chi connectivity index (χ3n) is 2.18. The summed E-state index contributed by atoms with van der Waals surface area (Å²) in [6.07, 6.45) is -2.93. The van der Waals surface area contributed by atoms with Crippen LogP contribution in [-0.4, -0.2) is 22.5 Å². The van der Waals surface area contributed by atoms with Crippen molar-refractivity contribution in [2.45, 2.75) is 20.3 Å². The Kier molecular flexibility index (Phi) is 4.24. The van der Waals surface area contributed by atoms with E-state index in [1.165, 1.54) is 6.92 Å². The molecule has 0 aliphatic heterocycles. The highest BCUT2D eigenvalue weighted by Crippen LogP contribution is 2.28. The van der Waals surface area contributed by atoms with Crippen LogP contribution in [0.1, 0.15) is 35.0 Å². The minimum atomic E-state index is -2.93. The zero-order chi connectivity index (χ0) is 13.9. The number of esters is 1. The van der Waals surface area contributed by atoms with E-state index < -0.39 is 34.4 Å². The van der Waals surface area contributed by atoms with E-state index in [9.17, 15) is 23.7 Å². The van der Waals surface area contributed by atoms with Gasteiger partial charge in [-0.15, -0.1) is 0 Å². The number of pyridine rings is 1. The maximum atomic E-state index is 12.7. The molecule has 1 rings (SSSR count). The molecule has 0 atom stereocenters. The molecule has 1 aromatic rings. The lowest BCUT2D eigenvalue weighted by atomic mass is 10.1. The van der Waals surface area contributed by atoms with Crippen LogP contribution in [0.3, 0.4) is 0 Å². The van der Waals surface area contributed by atoms with Crippen molar-refractivity contribution in [2.75, 3.05) is 6.61 Å². The van der Waals surface area contributed by atoms with Crippen LogP contribution in [0.4, 0.5) is 14.6 Å². The molecular formula is C10H10F2N2O4. The van der Waals surface area contributed by atoms with Gasteiger partial charge in [0.05, 0.1) is 12.2 Å². The molecule has 0 saturated carbocycles. The van der Waals surface area contributed by atoms with E-state index >= 15 is 0 Å². The van der Waals surface area contributed by atoms with E-state index in [0.29, 0.717) is 0 Å². The number of nitrogens with zero attached hydrogens (tertiary/aromatic N) is 2. The van der Waals surface area contributed by atoms with Crippen molar-refractivity contribution in [1.82, 2.24) is 4.98 Å². The van der Waals surface area contributed by atoms with E-state index in [1.807, 2.05) is 0 Å². The molecule has 0 unspecified atom stereocenters. The van der Waals surface area contributed by atoms with Crippen molar-refractivity contribution >= 4 is 11.8 Å². The number of halogens is 2. The Morgan fingerprint density at radius 1 is 1.61 bits per heavy atom. The summed E-state index contributed by atoms with van der Waals surface area (Å²) in [4.78, 5) is 24.5. The van der Waals surface area contributed by atoms with Gasteiger partial charge in [-0.1, -0.05) is 0 Å². The molecule has 18 heavy (non-hydrogen) atoms. The Morgan fingerprint density at radius 2 is 2.22 bits per heavy atom. The standard InChI is InChI=1S/C10H10F2N2O4/c1-3-18-10(15)7-4-6(8(11)12)5(2)9(13-7)14(16)17/h4,8H,3H2,1-2H3. The highest BCUT2D eigenvalue weighted by atomic mass is 19.3. The van der Waals surface area contributed by atoms with Crippen LogP contribution in [0.25, 0.3) is 0 Å². The topological polar surface area (TPSA) is 82.3 Å². The monoisotopic (exact) mass is 260 g/mol. The Balaban J connectivity index is 3.38. The average molecular weight is 260 g/mol. The number of aromatic nitrogens is 1. The first-order valence-corrected chi connectivity index (χ1v) is 4.99. The largest absolute Gasteiger partial charge is 0.460 e. The van der Waals surface area contributed by atoms with Gasteiger partial charge in [0, 0.05) is 11.6 Å². The number of hydrogen-bond donors (Lipinski definition) is 0. The van der Waals surface area contributed by atoms with Crippen LogP contribution < -0.4 is 0 Å². The molecule has 0 aromatic carbocycles. The van der Waals surface area contributed by atoms with Crippen molar-refractivity contribution < 1.29 is 23.2 Å². The lowest BCUT2D eigenvalue weighted by Gasteiger charge is -2.06. The van der Waals surface area contributed by atoms with E-state index in [-0.39, 0.29) is 12.2 Å². The molecule has 1 heterocycles. The summed E-state index contributed by atoms with van der Waals surface area (Å²) >= 11 is 0. The molecule has 0 radical (unpaired) electrons. The number of carbonyl (C=O) groups is 1. The first-order valence-electron chi connectivity index (χ1n) is 4.99. The molecule has 0 fully saturated rings. The van der Waals surface area contributed by atoms with E-state index in [4.69, 9.17) is 0 Å². The zero-order valence-electron chi connectivity index (χ0n) is 9.65. The molecule has 98 valence electrons. The fraction of sp³-hybridized carbons (Fsp3) is 0.400. The second-order valence-corrected chi connectivity index (χ2v) is 3.32. The number of alkyl halides is 2. The zero-order valence-corrected chi connectivity index (χ0v) is 9.65. The summed E-state index contributed by atoms with van der Waals surface area (Å²) in [5, 5.41) is 10.7. The lowest BCUT2D eigenvalue weighted by Crippen LogP contribution is -2.11. The Bertz CT molecular complexity index is 491. The first-order chi connectivity index (χ1) is 8.38. The predicted octanol–water partition coefficient (Wildman–Crippen LogP) is 2.41. The molecule has 0 aliphatic carbocycles. The van der Waals surface area contributed by atoms with Crippen LogP contribution in [0.15, 0.2) is 6.07 Å². The number of carbonyl (C=O) groups excluding carboxylic acids is 1. The molecule has 1 aromatic heterocycles. The SMILES string of the molecule is CCOC(=O)c1cc(C(F)F)c(C)c([N+](=O)[O-])n1. The van der Waals surface area contributed by atoms with Crippen molar-refractivity contribution in [1.29, 1.82) is 0 Å². The Labute approximate surface area is 101 Å². The van der Waals surface area contributed by atoms with Gasteiger partial charge in [-0.25, -0.2) is 13.6 Å². The normalized spacial score (nSPS) is 10.5.